The molecule has 0 radical (unpaired) electrons. The molecule has 2 aliphatic rings. The molecular weight excluding hydrogens is 375 g/mol. The highest BCUT2D eigenvalue weighted by atomic mass is 19.2. The minimum atomic E-state index is -2.56. The van der Waals surface area contributed by atoms with E-state index in [2.05, 4.69) is 5.32 Å². The van der Waals surface area contributed by atoms with Gasteiger partial charge in [-0.25, -0.2) is 18.0 Å². The van der Waals surface area contributed by atoms with Crippen LogP contribution in [0.2, 0.25) is 0 Å². The zero-order valence-electron chi connectivity index (χ0n) is 19.0. The molecule has 2 aromatic rings. The number of pyridine rings is 1. The molecule has 1 saturated heterocycles. The lowest BCUT2D eigenvalue weighted by atomic mass is 10.1. The minimum Gasteiger partial charge on any atom is -0.477 e. The molecule has 0 unspecified atom stereocenters. The monoisotopic (exact) mass is 399 g/mol. The van der Waals surface area contributed by atoms with Crippen molar-refractivity contribution in [1.29, 1.82) is 0 Å². The molecule has 28 heavy (non-hydrogen) atoms. The van der Waals surface area contributed by atoms with Crippen molar-refractivity contribution in [3.63, 3.8) is 0 Å². The van der Waals surface area contributed by atoms with Crippen molar-refractivity contribution in [2.45, 2.75) is 44.7 Å². The van der Waals surface area contributed by atoms with Crippen molar-refractivity contribution in [3.8, 4) is 0 Å². The highest BCUT2D eigenvalue weighted by molar-refractivity contribution is 5.94. The maximum atomic E-state index is 15.8. The van der Waals surface area contributed by atoms with E-state index in [4.69, 9.17) is 5.48 Å². The number of piperazine rings is 1. The zero-order valence-corrected chi connectivity index (χ0v) is 15.0. The molecule has 1 aromatic heterocycles. The van der Waals surface area contributed by atoms with E-state index in [1.807, 2.05) is 0 Å². The van der Waals surface area contributed by atoms with E-state index in [-0.39, 0.29) is 25.2 Å². The molecule has 150 valence electrons. The zero-order chi connectivity index (χ0) is 23.9. The Balaban J connectivity index is 2.10. The standard InChI is InChI=1S/C19H20F3N3O3/c1-8-5-24(6-9(2)23-8)17-14(21)13(20)12-16(15(17)22)25(10-3-4-10)7-11(18(12)26)19(27)28/h7-10,23H,3-6H2,1-2H3,(H,27,28)/t8-,9+/i3D2,4D2. The summed E-state index contributed by atoms with van der Waals surface area (Å²) in [5.41, 5.74) is -4.17. The Morgan fingerprint density at radius 3 is 2.32 bits per heavy atom. The maximum Gasteiger partial charge on any atom is 0.341 e. The molecule has 1 saturated carbocycles. The van der Waals surface area contributed by atoms with Crippen molar-refractivity contribution < 1.29 is 28.6 Å². The van der Waals surface area contributed by atoms with E-state index in [1.54, 1.807) is 13.8 Å². The average molecular weight is 399 g/mol. The number of carboxylic acids is 1. The molecular formula is C19H20F3N3O3. The van der Waals surface area contributed by atoms with Crippen LogP contribution in [-0.2, 0) is 0 Å². The lowest BCUT2D eigenvalue weighted by Crippen LogP contribution is -2.54. The van der Waals surface area contributed by atoms with Crippen LogP contribution in [0.4, 0.5) is 18.9 Å². The number of carboxylic acid groups (broad SMARTS) is 1. The van der Waals surface area contributed by atoms with Gasteiger partial charge in [0.1, 0.15) is 11.3 Å². The third-order valence-electron chi connectivity index (χ3n) is 4.93. The first kappa shape index (κ1) is 14.4. The molecule has 0 spiro atoms. The second-order valence-corrected chi connectivity index (χ2v) is 7.16. The van der Waals surface area contributed by atoms with E-state index in [1.165, 1.54) is 4.90 Å². The molecule has 0 bridgehead atoms. The van der Waals surface area contributed by atoms with Crippen LogP contribution >= 0.6 is 0 Å². The normalized spacial score (nSPS) is 28.4. The van der Waals surface area contributed by atoms with Crippen LogP contribution in [0.5, 0.6) is 0 Å². The number of anilines is 1. The van der Waals surface area contributed by atoms with E-state index in [0.717, 1.165) is 0 Å². The van der Waals surface area contributed by atoms with Gasteiger partial charge in [-0.05, 0) is 26.6 Å². The van der Waals surface area contributed by atoms with Gasteiger partial charge in [-0.2, -0.15) is 0 Å². The fourth-order valence-corrected chi connectivity index (χ4v) is 3.80. The quantitative estimate of drug-likeness (QED) is 0.777. The summed E-state index contributed by atoms with van der Waals surface area (Å²) < 4.78 is 78.0. The van der Waals surface area contributed by atoms with E-state index >= 15 is 13.2 Å². The van der Waals surface area contributed by atoms with Crippen molar-refractivity contribution >= 4 is 22.6 Å². The van der Waals surface area contributed by atoms with Gasteiger partial charge in [0.2, 0.25) is 5.43 Å². The van der Waals surface area contributed by atoms with Gasteiger partial charge in [0.25, 0.3) is 0 Å². The van der Waals surface area contributed by atoms with Crippen molar-refractivity contribution in [2.75, 3.05) is 18.0 Å². The van der Waals surface area contributed by atoms with Gasteiger partial charge < -0.3 is 19.9 Å². The maximum absolute atomic E-state index is 15.8. The highest BCUT2D eigenvalue weighted by Gasteiger charge is 2.35. The first-order valence-electron chi connectivity index (χ1n) is 10.7. The van der Waals surface area contributed by atoms with Crippen LogP contribution in [0.15, 0.2) is 11.0 Å². The number of benzene rings is 1. The summed E-state index contributed by atoms with van der Waals surface area (Å²) in [6.07, 6.45) is -4.52. The van der Waals surface area contributed by atoms with Crippen LogP contribution in [0.3, 0.4) is 0 Å². The molecule has 2 heterocycles. The number of halogens is 3. The Morgan fingerprint density at radius 2 is 1.79 bits per heavy atom. The Kier molecular flexibility index (Phi) is 3.36. The number of aromatic nitrogens is 1. The minimum absolute atomic E-state index is 0.103. The first-order chi connectivity index (χ1) is 14.7. The van der Waals surface area contributed by atoms with E-state index < -0.39 is 69.8 Å². The van der Waals surface area contributed by atoms with Gasteiger partial charge in [-0.15, -0.1) is 0 Å². The fourth-order valence-electron chi connectivity index (χ4n) is 3.80. The number of hydrogen-bond donors (Lipinski definition) is 2. The van der Waals surface area contributed by atoms with E-state index in [0.29, 0.717) is 10.8 Å². The van der Waals surface area contributed by atoms with E-state index in [9.17, 15) is 14.7 Å². The molecule has 1 aliphatic heterocycles. The Morgan fingerprint density at radius 1 is 1.18 bits per heavy atom. The molecule has 1 aromatic carbocycles. The molecule has 1 aliphatic carbocycles. The molecule has 4 rings (SSSR count). The van der Waals surface area contributed by atoms with Gasteiger partial charge in [0, 0.05) is 42.9 Å². The van der Waals surface area contributed by atoms with Gasteiger partial charge in [-0.1, -0.05) is 0 Å². The topological polar surface area (TPSA) is 74.6 Å². The third kappa shape index (κ3) is 2.85. The summed E-state index contributed by atoms with van der Waals surface area (Å²) in [5, 5.41) is 11.3. The lowest BCUT2D eigenvalue weighted by Gasteiger charge is -2.38. The largest absolute Gasteiger partial charge is 0.477 e. The Hall–Kier alpha value is -2.55. The number of nitrogens with zero attached hydrogens (tertiary/aromatic N) is 2. The van der Waals surface area contributed by atoms with Crippen molar-refractivity contribution in [1.82, 2.24) is 9.88 Å². The molecule has 0 amide bonds. The van der Waals surface area contributed by atoms with Crippen LogP contribution in [0.25, 0.3) is 10.9 Å². The van der Waals surface area contributed by atoms with Gasteiger partial charge in [0.15, 0.2) is 17.5 Å². The summed E-state index contributed by atoms with van der Waals surface area (Å²) in [7, 11) is 0. The predicted molar refractivity (Wildman–Crippen MR) is 97.6 cm³/mol. The van der Waals surface area contributed by atoms with Crippen LogP contribution in [0.1, 0.15) is 48.5 Å². The highest BCUT2D eigenvalue weighted by Crippen LogP contribution is 2.40. The van der Waals surface area contributed by atoms with Crippen molar-refractivity contribution in [3.05, 3.63) is 39.4 Å². The number of carbonyl (C=O) groups is 1. The first-order valence-corrected chi connectivity index (χ1v) is 8.71. The number of nitrogens with one attached hydrogen (secondary N) is 1. The average Bonchev–Trinajstić information content (AvgIpc) is 3.07. The molecule has 2 atom stereocenters. The predicted octanol–water partition coefficient (Wildman–Crippen LogP) is 2.64. The second kappa shape index (κ2) is 6.51. The molecule has 9 heteroatoms. The third-order valence-corrected chi connectivity index (χ3v) is 4.93. The SMILES string of the molecule is [2H]C1([2H])C(n2cc(C(=O)O)c(=O)c3c(F)c(F)c(N4C[C@@H](C)N[C@@H](C)C4)c(F)c32)C1([2H])[2H]. The molecule has 6 nitrogen and oxygen atoms in total. The fraction of sp³-hybridized carbons (Fsp3) is 0.474. The summed E-state index contributed by atoms with van der Waals surface area (Å²) in [6.45, 7) is 3.73. The van der Waals surface area contributed by atoms with Crippen LogP contribution < -0.4 is 15.6 Å². The van der Waals surface area contributed by atoms with Gasteiger partial charge in [0.05, 0.1) is 10.9 Å². The lowest BCUT2D eigenvalue weighted by molar-refractivity contribution is 0.0694. The number of aromatic carboxylic acids is 1. The van der Waals surface area contributed by atoms with Crippen LogP contribution in [0, 0.1) is 17.5 Å². The smallest absolute Gasteiger partial charge is 0.341 e. The van der Waals surface area contributed by atoms with Gasteiger partial charge in [-0.3, -0.25) is 4.79 Å². The number of hydrogen-bond acceptors (Lipinski definition) is 4. The number of fused-ring (bicyclic) bond motifs is 1. The number of rotatable bonds is 3. The molecule has 2 N–H and O–H groups in total. The van der Waals surface area contributed by atoms with Crippen molar-refractivity contribution in [2.24, 2.45) is 0 Å². The Labute approximate surface area is 164 Å². The second-order valence-electron chi connectivity index (χ2n) is 7.16. The molecule has 2 fully saturated rings. The summed E-state index contributed by atoms with van der Waals surface area (Å²) >= 11 is 0. The Bertz CT molecular complexity index is 1200. The van der Waals surface area contributed by atoms with Gasteiger partial charge >= 0.3 is 5.97 Å². The summed E-state index contributed by atoms with van der Waals surface area (Å²) in [5.74, 6) is -6.63. The summed E-state index contributed by atoms with van der Waals surface area (Å²) in [4.78, 5) is 25.4. The summed E-state index contributed by atoms with van der Waals surface area (Å²) in [6, 6.07) is -2.16. The van der Waals surface area contributed by atoms with Crippen LogP contribution in [-0.4, -0.2) is 40.8 Å².